The highest BCUT2D eigenvalue weighted by atomic mass is 15.1. The van der Waals surface area contributed by atoms with Crippen LogP contribution in [0.15, 0.2) is 24.3 Å². The van der Waals surface area contributed by atoms with Gasteiger partial charge in [0.1, 0.15) is 0 Å². The normalized spacial score (nSPS) is 11.6. The number of hydrogen-bond donors (Lipinski definition) is 1. The lowest BCUT2D eigenvalue weighted by Crippen LogP contribution is -2.23. The molecule has 0 spiro atoms. The summed E-state index contributed by atoms with van der Waals surface area (Å²) in [5.41, 5.74) is 9.85. The number of nitrogens with two attached hydrogens (primary N) is 1. The number of nitrogens with zero attached hydrogens (tertiary/aromatic N) is 2. The van der Waals surface area contributed by atoms with E-state index >= 15 is 0 Å². The van der Waals surface area contributed by atoms with Crippen molar-refractivity contribution < 1.29 is 0 Å². The molecule has 98 valence electrons. The molecule has 0 bridgehead atoms. The highest BCUT2D eigenvalue weighted by Crippen LogP contribution is 2.26. The van der Waals surface area contributed by atoms with Gasteiger partial charge in [-0.25, -0.2) is 0 Å². The quantitative estimate of drug-likeness (QED) is 0.878. The van der Waals surface area contributed by atoms with Gasteiger partial charge in [-0.3, -0.25) is 4.90 Å². The number of rotatable bonds is 5. The summed E-state index contributed by atoms with van der Waals surface area (Å²) in [6.45, 7) is 8.14. The number of aromatic nitrogens is 1. The molecule has 1 heterocycles. The van der Waals surface area contributed by atoms with Crippen molar-refractivity contribution in [2.45, 2.75) is 26.9 Å². The Morgan fingerprint density at radius 3 is 2.44 bits per heavy atom. The van der Waals surface area contributed by atoms with Crippen molar-refractivity contribution in [2.24, 2.45) is 12.8 Å². The predicted molar refractivity (Wildman–Crippen MR) is 77.4 cm³/mol. The zero-order valence-electron chi connectivity index (χ0n) is 11.6. The number of hydrogen-bond acceptors (Lipinski definition) is 2. The van der Waals surface area contributed by atoms with Crippen LogP contribution in [0, 0.1) is 0 Å². The highest BCUT2D eigenvalue weighted by Gasteiger charge is 2.15. The fraction of sp³-hybridized carbons (Fsp3) is 0.467. The Kier molecular flexibility index (Phi) is 4.04. The van der Waals surface area contributed by atoms with Crippen LogP contribution in [0.25, 0.3) is 10.9 Å². The van der Waals surface area contributed by atoms with E-state index in [0.29, 0.717) is 6.54 Å². The molecule has 18 heavy (non-hydrogen) atoms. The molecule has 3 heteroatoms. The molecule has 0 radical (unpaired) electrons. The molecular weight excluding hydrogens is 222 g/mol. The minimum atomic E-state index is 0.599. The van der Waals surface area contributed by atoms with Gasteiger partial charge in [-0.1, -0.05) is 32.0 Å². The molecule has 2 rings (SSSR count). The lowest BCUT2D eigenvalue weighted by atomic mass is 10.1. The van der Waals surface area contributed by atoms with Crippen LogP contribution in [0.4, 0.5) is 0 Å². The van der Waals surface area contributed by atoms with E-state index in [0.717, 1.165) is 19.6 Å². The molecule has 2 N–H and O–H groups in total. The van der Waals surface area contributed by atoms with E-state index in [2.05, 4.69) is 54.6 Å². The van der Waals surface area contributed by atoms with E-state index < -0.39 is 0 Å². The summed E-state index contributed by atoms with van der Waals surface area (Å²) in [7, 11) is 2.11. The summed E-state index contributed by atoms with van der Waals surface area (Å²) < 4.78 is 2.23. The van der Waals surface area contributed by atoms with E-state index in [4.69, 9.17) is 5.73 Å². The first-order valence-corrected chi connectivity index (χ1v) is 6.70. The summed E-state index contributed by atoms with van der Waals surface area (Å²) >= 11 is 0. The molecule has 0 amide bonds. The molecule has 0 saturated heterocycles. The zero-order chi connectivity index (χ0) is 13.1. The van der Waals surface area contributed by atoms with Crippen LogP contribution in [0.2, 0.25) is 0 Å². The third-order valence-electron chi connectivity index (χ3n) is 3.81. The van der Waals surface area contributed by atoms with Crippen LogP contribution in [0.3, 0.4) is 0 Å². The molecular formula is C15H23N3. The molecule has 0 unspecified atom stereocenters. The van der Waals surface area contributed by atoms with E-state index in [9.17, 15) is 0 Å². The third-order valence-corrected chi connectivity index (χ3v) is 3.81. The first-order chi connectivity index (χ1) is 8.72. The Morgan fingerprint density at radius 1 is 1.17 bits per heavy atom. The Labute approximate surface area is 109 Å². The number of fused-ring (bicyclic) bond motifs is 1. The van der Waals surface area contributed by atoms with Gasteiger partial charge in [0.2, 0.25) is 0 Å². The Hall–Kier alpha value is -1.32. The maximum absolute atomic E-state index is 5.93. The van der Waals surface area contributed by atoms with Crippen LogP contribution in [0.1, 0.15) is 25.1 Å². The van der Waals surface area contributed by atoms with Crippen LogP contribution in [0.5, 0.6) is 0 Å². The number of para-hydroxylation sites is 1. The second kappa shape index (κ2) is 5.55. The number of aryl methyl sites for hydroxylation is 1. The Bertz CT molecular complexity index is 524. The second-order valence-electron chi connectivity index (χ2n) is 4.67. The van der Waals surface area contributed by atoms with Crippen LogP contribution >= 0.6 is 0 Å². The SMILES string of the molecule is CCN(CC)Cc1c(CN)n(C)c2ccccc12. The molecule has 0 aliphatic rings. The molecule has 0 aliphatic heterocycles. The van der Waals surface area contributed by atoms with Crippen LogP contribution in [-0.4, -0.2) is 22.6 Å². The topological polar surface area (TPSA) is 34.2 Å². The summed E-state index contributed by atoms with van der Waals surface area (Å²) in [5, 5.41) is 1.34. The predicted octanol–water partition coefficient (Wildman–Crippen LogP) is 2.48. The monoisotopic (exact) mass is 245 g/mol. The van der Waals surface area contributed by atoms with Crippen molar-refractivity contribution in [1.82, 2.24) is 9.47 Å². The van der Waals surface area contributed by atoms with Gasteiger partial charge < -0.3 is 10.3 Å². The summed E-state index contributed by atoms with van der Waals surface area (Å²) in [6, 6.07) is 8.56. The maximum Gasteiger partial charge on any atom is 0.0483 e. The number of benzene rings is 1. The molecule has 0 atom stereocenters. The van der Waals surface area contributed by atoms with Crippen molar-refractivity contribution in [3.8, 4) is 0 Å². The van der Waals surface area contributed by atoms with Crippen LogP contribution < -0.4 is 5.73 Å². The standard InChI is InChI=1S/C15H23N3/c1-4-18(5-2)11-13-12-8-6-7-9-14(12)17(3)15(13)10-16/h6-9H,4-5,10-11,16H2,1-3H3. The van der Waals surface area contributed by atoms with Crippen molar-refractivity contribution in [2.75, 3.05) is 13.1 Å². The van der Waals surface area contributed by atoms with Gasteiger partial charge in [0.05, 0.1) is 0 Å². The molecule has 1 aromatic carbocycles. The summed E-state index contributed by atoms with van der Waals surface area (Å²) in [5.74, 6) is 0. The molecule has 2 aromatic rings. The van der Waals surface area contributed by atoms with Gasteiger partial charge >= 0.3 is 0 Å². The van der Waals surface area contributed by atoms with Gasteiger partial charge in [0.15, 0.2) is 0 Å². The maximum atomic E-state index is 5.93. The largest absolute Gasteiger partial charge is 0.346 e. The fourth-order valence-corrected chi connectivity index (χ4v) is 2.63. The van der Waals surface area contributed by atoms with Gasteiger partial charge in [-0.2, -0.15) is 0 Å². The smallest absolute Gasteiger partial charge is 0.0483 e. The molecule has 3 nitrogen and oxygen atoms in total. The minimum Gasteiger partial charge on any atom is -0.346 e. The fourth-order valence-electron chi connectivity index (χ4n) is 2.63. The van der Waals surface area contributed by atoms with E-state index in [-0.39, 0.29) is 0 Å². The van der Waals surface area contributed by atoms with Crippen molar-refractivity contribution in [3.05, 3.63) is 35.5 Å². The minimum absolute atomic E-state index is 0.599. The van der Waals surface area contributed by atoms with Gasteiger partial charge in [-0.05, 0) is 24.7 Å². The highest BCUT2D eigenvalue weighted by molar-refractivity contribution is 5.85. The van der Waals surface area contributed by atoms with Crippen molar-refractivity contribution >= 4 is 10.9 Å². The van der Waals surface area contributed by atoms with E-state index in [1.165, 1.54) is 22.2 Å². The average molecular weight is 245 g/mol. The molecule has 0 saturated carbocycles. The third kappa shape index (κ3) is 2.16. The zero-order valence-corrected chi connectivity index (χ0v) is 11.6. The molecule has 0 aliphatic carbocycles. The van der Waals surface area contributed by atoms with E-state index in [1.807, 2.05) is 0 Å². The van der Waals surface area contributed by atoms with Crippen LogP contribution in [-0.2, 0) is 20.1 Å². The van der Waals surface area contributed by atoms with Gasteiger partial charge in [-0.15, -0.1) is 0 Å². The van der Waals surface area contributed by atoms with Crippen molar-refractivity contribution in [1.29, 1.82) is 0 Å². The lowest BCUT2D eigenvalue weighted by molar-refractivity contribution is 0.296. The summed E-state index contributed by atoms with van der Waals surface area (Å²) in [4.78, 5) is 2.43. The Morgan fingerprint density at radius 2 is 1.83 bits per heavy atom. The lowest BCUT2D eigenvalue weighted by Gasteiger charge is -2.18. The average Bonchev–Trinajstić information content (AvgIpc) is 2.69. The van der Waals surface area contributed by atoms with Gasteiger partial charge in [0, 0.05) is 36.7 Å². The first-order valence-electron chi connectivity index (χ1n) is 6.70. The molecule has 1 aromatic heterocycles. The first kappa shape index (κ1) is 13.1. The molecule has 0 fully saturated rings. The second-order valence-corrected chi connectivity index (χ2v) is 4.67. The van der Waals surface area contributed by atoms with E-state index in [1.54, 1.807) is 0 Å². The van der Waals surface area contributed by atoms with Crippen molar-refractivity contribution in [3.63, 3.8) is 0 Å². The summed E-state index contributed by atoms with van der Waals surface area (Å²) in [6.07, 6.45) is 0. The van der Waals surface area contributed by atoms with Gasteiger partial charge in [0.25, 0.3) is 0 Å². The Balaban J connectivity index is 2.53.